The summed E-state index contributed by atoms with van der Waals surface area (Å²) in [5, 5.41) is 9.75. The van der Waals surface area contributed by atoms with Crippen LogP contribution in [0.5, 0.6) is 0 Å². The van der Waals surface area contributed by atoms with Crippen molar-refractivity contribution in [3.63, 3.8) is 0 Å². The molecule has 0 radical (unpaired) electrons. The van der Waals surface area contributed by atoms with E-state index in [1.54, 1.807) is 0 Å². The maximum Gasteiger partial charge on any atom is 0.236 e. The highest BCUT2D eigenvalue weighted by molar-refractivity contribution is 5.78. The third kappa shape index (κ3) is 4.91. The summed E-state index contributed by atoms with van der Waals surface area (Å²) in [4.78, 5) is 16.5. The van der Waals surface area contributed by atoms with Crippen LogP contribution in [0, 0.1) is 5.41 Å². The molecule has 1 aliphatic rings. The van der Waals surface area contributed by atoms with E-state index in [1.165, 1.54) is 5.56 Å². The zero-order valence-corrected chi connectivity index (χ0v) is 14.1. The van der Waals surface area contributed by atoms with Gasteiger partial charge in [0.1, 0.15) is 0 Å². The van der Waals surface area contributed by atoms with Gasteiger partial charge in [-0.2, -0.15) is 0 Å². The van der Waals surface area contributed by atoms with Crippen LogP contribution in [-0.2, 0) is 11.3 Å². The highest BCUT2D eigenvalue weighted by Crippen LogP contribution is 2.33. The Bertz CT molecular complexity index is 517. The summed E-state index contributed by atoms with van der Waals surface area (Å²) in [5.41, 5.74) is 1.01. The number of likely N-dealkylation sites (tertiary alicyclic amines) is 1. The van der Waals surface area contributed by atoms with Gasteiger partial charge in [0.25, 0.3) is 0 Å². The fraction of sp³-hybridized carbons (Fsp3) is 0.526. The largest absolute Gasteiger partial charge is 0.396 e. The molecule has 126 valence electrons. The first kappa shape index (κ1) is 17.7. The Morgan fingerprint density at radius 2 is 2.17 bits per heavy atom. The molecule has 1 N–H and O–H groups in total. The minimum atomic E-state index is -0.201. The average Bonchev–Trinajstić information content (AvgIpc) is 2.56. The van der Waals surface area contributed by atoms with Crippen LogP contribution >= 0.6 is 0 Å². The summed E-state index contributed by atoms with van der Waals surface area (Å²) >= 11 is 0. The lowest BCUT2D eigenvalue weighted by molar-refractivity contribution is -0.136. The number of benzene rings is 1. The molecule has 0 bridgehead atoms. The minimum Gasteiger partial charge on any atom is -0.396 e. The zero-order valence-electron chi connectivity index (χ0n) is 14.1. The number of aliphatic hydroxyl groups is 1. The SMILES string of the molecule is C=CC[C@]1(CO)CCCN(C(=O)CN(C)Cc2ccccc2)C1. The van der Waals surface area contributed by atoms with Crippen molar-refractivity contribution in [2.24, 2.45) is 5.41 Å². The quantitative estimate of drug-likeness (QED) is 0.785. The summed E-state index contributed by atoms with van der Waals surface area (Å²) < 4.78 is 0. The number of hydrogen-bond donors (Lipinski definition) is 1. The molecule has 1 aliphatic heterocycles. The zero-order chi connectivity index (χ0) is 16.7. The van der Waals surface area contributed by atoms with Gasteiger partial charge in [-0.1, -0.05) is 36.4 Å². The third-order valence-electron chi connectivity index (χ3n) is 4.63. The predicted octanol–water partition coefficient (Wildman–Crippen LogP) is 2.30. The molecule has 0 saturated carbocycles. The van der Waals surface area contributed by atoms with E-state index in [2.05, 4.69) is 18.7 Å². The molecule has 0 unspecified atom stereocenters. The molecule has 23 heavy (non-hydrogen) atoms. The van der Waals surface area contributed by atoms with E-state index in [4.69, 9.17) is 0 Å². The van der Waals surface area contributed by atoms with Crippen LogP contribution < -0.4 is 0 Å². The molecular formula is C19H28N2O2. The number of nitrogens with zero attached hydrogens (tertiary/aromatic N) is 2. The second-order valence-corrected chi connectivity index (χ2v) is 6.73. The van der Waals surface area contributed by atoms with Crippen LogP contribution in [0.4, 0.5) is 0 Å². The lowest BCUT2D eigenvalue weighted by atomic mass is 9.78. The average molecular weight is 316 g/mol. The third-order valence-corrected chi connectivity index (χ3v) is 4.63. The summed E-state index contributed by atoms with van der Waals surface area (Å²) in [5.74, 6) is 0.144. The van der Waals surface area contributed by atoms with Gasteiger partial charge in [0.2, 0.25) is 5.91 Å². The van der Waals surface area contributed by atoms with Gasteiger partial charge in [0.05, 0.1) is 13.2 Å². The van der Waals surface area contributed by atoms with Gasteiger partial charge >= 0.3 is 0 Å². The summed E-state index contributed by atoms with van der Waals surface area (Å²) in [6.45, 7) is 6.49. The number of likely N-dealkylation sites (N-methyl/N-ethyl adjacent to an activating group) is 1. The van der Waals surface area contributed by atoms with E-state index in [1.807, 2.05) is 41.1 Å². The standard InChI is InChI=1S/C19H28N2O2/c1-3-10-19(16-22)11-7-12-21(15-19)18(23)14-20(2)13-17-8-5-4-6-9-17/h3-6,8-9,22H,1,7,10-16H2,2H3/t19-/m0/s1. The van der Waals surface area contributed by atoms with E-state index in [0.29, 0.717) is 13.1 Å². The lowest BCUT2D eigenvalue weighted by Gasteiger charge is -2.41. The van der Waals surface area contributed by atoms with Crippen molar-refractivity contribution >= 4 is 5.91 Å². The molecule has 1 atom stereocenters. The Morgan fingerprint density at radius 1 is 1.43 bits per heavy atom. The molecule has 0 spiro atoms. The second-order valence-electron chi connectivity index (χ2n) is 6.73. The lowest BCUT2D eigenvalue weighted by Crippen LogP contribution is -2.50. The van der Waals surface area contributed by atoms with E-state index >= 15 is 0 Å². The van der Waals surface area contributed by atoms with Crippen LogP contribution in [0.15, 0.2) is 43.0 Å². The van der Waals surface area contributed by atoms with Crippen molar-refractivity contribution in [1.29, 1.82) is 0 Å². The molecule has 1 aromatic carbocycles. The number of amides is 1. The van der Waals surface area contributed by atoms with Crippen LogP contribution in [0.3, 0.4) is 0 Å². The first-order chi connectivity index (χ1) is 11.1. The monoisotopic (exact) mass is 316 g/mol. The van der Waals surface area contributed by atoms with Crippen LogP contribution in [0.2, 0.25) is 0 Å². The summed E-state index contributed by atoms with van der Waals surface area (Å²) in [7, 11) is 1.97. The first-order valence-corrected chi connectivity index (χ1v) is 8.30. The Kier molecular flexibility index (Phi) is 6.37. The summed E-state index contributed by atoms with van der Waals surface area (Å²) in [6, 6.07) is 10.2. The Labute approximate surface area is 139 Å². The summed E-state index contributed by atoms with van der Waals surface area (Å²) in [6.07, 6.45) is 4.51. The van der Waals surface area contributed by atoms with Gasteiger partial charge in [-0.15, -0.1) is 6.58 Å². The number of carbonyl (C=O) groups is 1. The van der Waals surface area contributed by atoms with E-state index in [9.17, 15) is 9.90 Å². The van der Waals surface area contributed by atoms with Gasteiger partial charge in [0.15, 0.2) is 0 Å². The normalized spacial score (nSPS) is 21.4. The van der Waals surface area contributed by atoms with E-state index in [0.717, 1.165) is 32.4 Å². The molecule has 0 aliphatic carbocycles. The van der Waals surface area contributed by atoms with Gasteiger partial charge in [-0.25, -0.2) is 0 Å². The van der Waals surface area contributed by atoms with E-state index in [-0.39, 0.29) is 17.9 Å². The van der Waals surface area contributed by atoms with Gasteiger partial charge in [-0.3, -0.25) is 9.69 Å². The van der Waals surface area contributed by atoms with Gasteiger partial charge in [-0.05, 0) is 31.9 Å². The van der Waals surface area contributed by atoms with Crippen molar-refractivity contribution in [1.82, 2.24) is 9.80 Å². The van der Waals surface area contributed by atoms with Crippen LogP contribution in [-0.4, -0.2) is 54.1 Å². The van der Waals surface area contributed by atoms with Crippen molar-refractivity contribution < 1.29 is 9.90 Å². The molecule has 1 fully saturated rings. The molecular weight excluding hydrogens is 288 g/mol. The highest BCUT2D eigenvalue weighted by atomic mass is 16.3. The van der Waals surface area contributed by atoms with Crippen molar-refractivity contribution in [3.8, 4) is 0 Å². The number of rotatable bonds is 7. The van der Waals surface area contributed by atoms with E-state index < -0.39 is 0 Å². The number of allylic oxidation sites excluding steroid dienone is 1. The van der Waals surface area contributed by atoms with Crippen molar-refractivity contribution in [2.45, 2.75) is 25.8 Å². The Hall–Kier alpha value is -1.65. The Morgan fingerprint density at radius 3 is 2.83 bits per heavy atom. The highest BCUT2D eigenvalue weighted by Gasteiger charge is 2.35. The van der Waals surface area contributed by atoms with Gasteiger partial charge in [0, 0.05) is 25.0 Å². The molecule has 2 rings (SSSR count). The van der Waals surface area contributed by atoms with Crippen LogP contribution in [0.1, 0.15) is 24.8 Å². The Balaban J connectivity index is 1.90. The predicted molar refractivity (Wildman–Crippen MR) is 92.9 cm³/mol. The van der Waals surface area contributed by atoms with Gasteiger partial charge < -0.3 is 10.0 Å². The number of carbonyl (C=O) groups excluding carboxylic acids is 1. The smallest absolute Gasteiger partial charge is 0.236 e. The number of aliphatic hydroxyl groups excluding tert-OH is 1. The molecule has 0 aromatic heterocycles. The minimum absolute atomic E-state index is 0.114. The fourth-order valence-corrected chi connectivity index (χ4v) is 3.37. The molecule has 1 saturated heterocycles. The maximum absolute atomic E-state index is 12.6. The van der Waals surface area contributed by atoms with Crippen molar-refractivity contribution in [3.05, 3.63) is 48.6 Å². The first-order valence-electron chi connectivity index (χ1n) is 8.30. The molecule has 4 heteroatoms. The molecule has 1 amide bonds. The molecule has 1 aromatic rings. The molecule has 1 heterocycles. The molecule has 4 nitrogen and oxygen atoms in total. The number of hydrogen-bond acceptors (Lipinski definition) is 3. The second kappa shape index (κ2) is 8.27. The van der Waals surface area contributed by atoms with Crippen LogP contribution in [0.25, 0.3) is 0 Å². The maximum atomic E-state index is 12.6. The van der Waals surface area contributed by atoms with Crippen molar-refractivity contribution in [2.75, 3.05) is 33.3 Å². The topological polar surface area (TPSA) is 43.8 Å². The number of piperidine rings is 1. The fourth-order valence-electron chi connectivity index (χ4n) is 3.37.